The molecule has 162 valence electrons. The van der Waals surface area contributed by atoms with E-state index in [0.29, 0.717) is 28.1 Å². The number of benzene rings is 2. The molecule has 1 atom stereocenters. The zero-order valence-electron chi connectivity index (χ0n) is 16.9. The molecule has 0 spiro atoms. The summed E-state index contributed by atoms with van der Waals surface area (Å²) in [4.78, 5) is 24.8. The largest absolute Gasteiger partial charge is 0.342 e. The molecule has 0 unspecified atom stereocenters. The zero-order chi connectivity index (χ0) is 22.4. The molecule has 0 saturated carbocycles. The van der Waals surface area contributed by atoms with Crippen LogP contribution in [0.3, 0.4) is 0 Å². The van der Waals surface area contributed by atoms with Gasteiger partial charge in [-0.05, 0) is 62.4 Å². The van der Waals surface area contributed by atoms with Crippen LogP contribution in [0.5, 0.6) is 0 Å². The molecule has 2 N–H and O–H groups in total. The SMILES string of the molecule is CCn1c(SCC(=O)Nc2ccc(Br)cc2)nnc1[C@H](C)NC(=O)c1ccc(Cl)cc1. The highest BCUT2D eigenvalue weighted by atomic mass is 79.9. The maximum atomic E-state index is 12.5. The molecule has 3 aromatic rings. The van der Waals surface area contributed by atoms with Crippen molar-refractivity contribution in [3.63, 3.8) is 0 Å². The Hall–Kier alpha value is -2.36. The van der Waals surface area contributed by atoms with Crippen molar-refractivity contribution in [1.82, 2.24) is 20.1 Å². The number of halogens is 2. The van der Waals surface area contributed by atoms with Gasteiger partial charge in [-0.1, -0.05) is 39.3 Å². The van der Waals surface area contributed by atoms with E-state index >= 15 is 0 Å². The molecule has 0 aliphatic carbocycles. The Bertz CT molecular complexity index is 1060. The van der Waals surface area contributed by atoms with E-state index in [4.69, 9.17) is 11.6 Å². The Morgan fingerprint density at radius 2 is 1.81 bits per heavy atom. The van der Waals surface area contributed by atoms with Crippen molar-refractivity contribution in [3.05, 3.63) is 69.4 Å². The summed E-state index contributed by atoms with van der Waals surface area (Å²) < 4.78 is 2.84. The first-order valence-electron chi connectivity index (χ1n) is 9.55. The summed E-state index contributed by atoms with van der Waals surface area (Å²) in [5.41, 5.74) is 1.24. The molecule has 0 fully saturated rings. The normalized spacial score (nSPS) is 11.7. The standard InChI is InChI=1S/C21H21BrClN5O2S/c1-3-28-19(13(2)24-20(30)14-4-8-16(23)9-5-14)26-27-21(28)31-12-18(29)25-17-10-6-15(22)7-11-17/h4-11,13H,3,12H2,1-2H3,(H,24,30)(H,25,29)/t13-/m0/s1. The maximum absolute atomic E-state index is 12.5. The lowest BCUT2D eigenvalue weighted by molar-refractivity contribution is -0.113. The van der Waals surface area contributed by atoms with Crippen molar-refractivity contribution in [1.29, 1.82) is 0 Å². The predicted molar refractivity (Wildman–Crippen MR) is 127 cm³/mol. The summed E-state index contributed by atoms with van der Waals surface area (Å²) in [6.07, 6.45) is 0. The van der Waals surface area contributed by atoms with Crippen LogP contribution in [0.1, 0.15) is 36.1 Å². The number of carbonyl (C=O) groups excluding carboxylic acids is 2. The average molecular weight is 523 g/mol. The average Bonchev–Trinajstić information content (AvgIpc) is 3.17. The Kier molecular flexibility index (Phi) is 8.11. The number of hydrogen-bond donors (Lipinski definition) is 2. The van der Waals surface area contributed by atoms with E-state index in [1.54, 1.807) is 24.3 Å². The molecule has 31 heavy (non-hydrogen) atoms. The molecular weight excluding hydrogens is 502 g/mol. The number of carbonyl (C=O) groups is 2. The number of thioether (sulfide) groups is 1. The second-order valence-corrected chi connectivity index (χ2v) is 8.93. The van der Waals surface area contributed by atoms with E-state index in [2.05, 4.69) is 36.8 Å². The van der Waals surface area contributed by atoms with Crippen molar-refractivity contribution in [3.8, 4) is 0 Å². The minimum atomic E-state index is -0.360. The molecule has 2 aromatic carbocycles. The number of aromatic nitrogens is 3. The van der Waals surface area contributed by atoms with Crippen molar-refractivity contribution >= 4 is 56.8 Å². The van der Waals surface area contributed by atoms with Gasteiger partial charge >= 0.3 is 0 Å². The summed E-state index contributed by atoms with van der Waals surface area (Å²) in [5, 5.41) is 15.4. The van der Waals surface area contributed by atoms with E-state index in [0.717, 1.165) is 10.2 Å². The second kappa shape index (κ2) is 10.8. The van der Waals surface area contributed by atoms with E-state index in [-0.39, 0.29) is 23.6 Å². The monoisotopic (exact) mass is 521 g/mol. The first kappa shape index (κ1) is 23.3. The van der Waals surface area contributed by atoms with Crippen LogP contribution < -0.4 is 10.6 Å². The summed E-state index contributed by atoms with van der Waals surface area (Å²) in [6.45, 7) is 4.42. The summed E-state index contributed by atoms with van der Waals surface area (Å²) >= 11 is 10.5. The van der Waals surface area contributed by atoms with E-state index < -0.39 is 0 Å². The molecule has 3 rings (SSSR count). The molecule has 10 heteroatoms. The number of amides is 2. The first-order chi connectivity index (χ1) is 14.9. The third kappa shape index (κ3) is 6.32. The van der Waals surface area contributed by atoms with E-state index in [1.165, 1.54) is 11.8 Å². The number of hydrogen-bond acceptors (Lipinski definition) is 5. The minimum Gasteiger partial charge on any atom is -0.342 e. The highest BCUT2D eigenvalue weighted by Crippen LogP contribution is 2.22. The number of nitrogens with zero attached hydrogens (tertiary/aromatic N) is 3. The number of nitrogens with one attached hydrogen (secondary N) is 2. The van der Waals surface area contributed by atoms with Gasteiger partial charge in [0.05, 0.1) is 11.8 Å². The molecule has 0 aliphatic heterocycles. The van der Waals surface area contributed by atoms with Crippen molar-refractivity contribution in [2.24, 2.45) is 0 Å². The molecule has 7 nitrogen and oxygen atoms in total. The van der Waals surface area contributed by atoms with Crippen LogP contribution >= 0.6 is 39.3 Å². The molecule has 1 heterocycles. The van der Waals surface area contributed by atoms with Crippen LogP contribution in [-0.2, 0) is 11.3 Å². The lowest BCUT2D eigenvalue weighted by Crippen LogP contribution is -2.28. The van der Waals surface area contributed by atoms with Crippen molar-refractivity contribution in [2.45, 2.75) is 31.6 Å². The Balaban J connectivity index is 1.61. The van der Waals surface area contributed by atoms with Gasteiger partial charge in [-0.15, -0.1) is 10.2 Å². The number of rotatable bonds is 8. The molecular formula is C21H21BrClN5O2S. The summed E-state index contributed by atoms with van der Waals surface area (Å²) in [7, 11) is 0. The van der Waals surface area contributed by atoms with Gasteiger partial charge < -0.3 is 15.2 Å². The lowest BCUT2D eigenvalue weighted by atomic mass is 10.2. The quantitative estimate of drug-likeness (QED) is 0.409. The zero-order valence-corrected chi connectivity index (χ0v) is 20.1. The van der Waals surface area contributed by atoms with Gasteiger partial charge in [0.2, 0.25) is 5.91 Å². The molecule has 1 aromatic heterocycles. The Morgan fingerprint density at radius 1 is 1.13 bits per heavy atom. The summed E-state index contributed by atoms with van der Waals surface area (Å²) in [6, 6.07) is 13.7. The molecule has 0 aliphatic rings. The van der Waals surface area contributed by atoms with E-state index in [9.17, 15) is 9.59 Å². The van der Waals surface area contributed by atoms with Crippen LogP contribution in [0.25, 0.3) is 0 Å². The number of anilines is 1. The van der Waals surface area contributed by atoms with Gasteiger partial charge in [-0.3, -0.25) is 9.59 Å². The van der Waals surface area contributed by atoms with Gasteiger partial charge in [0, 0.05) is 27.3 Å². The third-order valence-electron chi connectivity index (χ3n) is 4.36. The fraction of sp³-hybridized carbons (Fsp3) is 0.238. The first-order valence-corrected chi connectivity index (χ1v) is 11.7. The van der Waals surface area contributed by atoms with Crippen LogP contribution in [0.2, 0.25) is 5.02 Å². The molecule has 0 saturated heterocycles. The van der Waals surface area contributed by atoms with Crippen LogP contribution in [0, 0.1) is 0 Å². The van der Waals surface area contributed by atoms with Crippen LogP contribution in [-0.4, -0.2) is 32.3 Å². The van der Waals surface area contributed by atoms with Gasteiger partial charge in [0.25, 0.3) is 5.91 Å². The topological polar surface area (TPSA) is 88.9 Å². The lowest BCUT2D eigenvalue weighted by Gasteiger charge is -2.15. The fourth-order valence-corrected chi connectivity index (χ4v) is 4.03. The van der Waals surface area contributed by atoms with Crippen LogP contribution in [0.4, 0.5) is 5.69 Å². The van der Waals surface area contributed by atoms with Crippen LogP contribution in [0.15, 0.2) is 58.2 Å². The van der Waals surface area contributed by atoms with Crippen molar-refractivity contribution < 1.29 is 9.59 Å². The fourth-order valence-electron chi connectivity index (χ4n) is 2.83. The van der Waals surface area contributed by atoms with Gasteiger partial charge in [0.1, 0.15) is 0 Å². The smallest absolute Gasteiger partial charge is 0.251 e. The molecule has 0 radical (unpaired) electrons. The highest BCUT2D eigenvalue weighted by Gasteiger charge is 2.20. The van der Waals surface area contributed by atoms with Gasteiger partial charge in [0.15, 0.2) is 11.0 Å². The maximum Gasteiger partial charge on any atom is 0.251 e. The predicted octanol–water partition coefficient (Wildman–Crippen LogP) is 4.94. The second-order valence-electron chi connectivity index (χ2n) is 6.63. The highest BCUT2D eigenvalue weighted by molar-refractivity contribution is 9.10. The molecule has 2 amide bonds. The molecule has 0 bridgehead atoms. The third-order valence-corrected chi connectivity index (χ3v) is 6.11. The van der Waals surface area contributed by atoms with Crippen molar-refractivity contribution in [2.75, 3.05) is 11.1 Å². The van der Waals surface area contributed by atoms with Gasteiger partial charge in [-0.2, -0.15) is 0 Å². The Labute approximate surface area is 198 Å². The minimum absolute atomic E-state index is 0.136. The van der Waals surface area contributed by atoms with Gasteiger partial charge in [-0.25, -0.2) is 0 Å². The Morgan fingerprint density at radius 3 is 2.45 bits per heavy atom. The van der Waals surface area contributed by atoms with E-state index in [1.807, 2.05) is 42.7 Å². The summed E-state index contributed by atoms with van der Waals surface area (Å²) in [5.74, 6) is 0.460.